The van der Waals surface area contributed by atoms with E-state index in [-0.39, 0.29) is 19.1 Å². The van der Waals surface area contributed by atoms with E-state index in [0.717, 1.165) is 11.1 Å². The molecule has 38 heavy (non-hydrogen) atoms. The van der Waals surface area contributed by atoms with E-state index in [1.165, 1.54) is 6.21 Å². The minimum atomic E-state index is -0.765. The molecule has 9 heteroatoms. The molecule has 2 N–H and O–H groups in total. The second kappa shape index (κ2) is 14.4. The van der Waals surface area contributed by atoms with Gasteiger partial charge in [0.1, 0.15) is 24.1 Å². The van der Waals surface area contributed by atoms with E-state index in [1.54, 1.807) is 30.3 Å². The third-order valence-electron chi connectivity index (χ3n) is 5.51. The van der Waals surface area contributed by atoms with Crippen LogP contribution in [0.5, 0.6) is 11.5 Å². The number of nitrogens with one attached hydrogen (secondary N) is 2. The Morgan fingerprint density at radius 3 is 2.39 bits per heavy atom. The van der Waals surface area contributed by atoms with Crippen molar-refractivity contribution < 1.29 is 19.1 Å². The van der Waals surface area contributed by atoms with E-state index >= 15 is 0 Å². The van der Waals surface area contributed by atoms with Gasteiger partial charge in [-0.3, -0.25) is 9.59 Å². The highest BCUT2D eigenvalue weighted by molar-refractivity contribution is 6.35. The van der Waals surface area contributed by atoms with Crippen molar-refractivity contribution in [1.82, 2.24) is 10.7 Å². The summed E-state index contributed by atoms with van der Waals surface area (Å²) >= 11 is 12.2. The fourth-order valence-electron chi connectivity index (χ4n) is 3.56. The highest BCUT2D eigenvalue weighted by Gasteiger charge is 2.22. The summed E-state index contributed by atoms with van der Waals surface area (Å²) in [6, 6.07) is 19.1. The zero-order chi connectivity index (χ0) is 27.5. The third-order valence-corrected chi connectivity index (χ3v) is 6.09. The number of hydrazone groups is 1. The summed E-state index contributed by atoms with van der Waals surface area (Å²) in [7, 11) is 0. The Bertz CT molecular complexity index is 1280. The van der Waals surface area contributed by atoms with Crippen LogP contribution < -0.4 is 20.2 Å². The maximum absolute atomic E-state index is 12.9. The fourth-order valence-corrected chi connectivity index (χ4v) is 4.02. The Morgan fingerprint density at radius 2 is 1.68 bits per heavy atom. The van der Waals surface area contributed by atoms with Gasteiger partial charge in [0, 0.05) is 21.2 Å². The third kappa shape index (κ3) is 9.08. The minimum absolute atomic E-state index is 0.168. The summed E-state index contributed by atoms with van der Waals surface area (Å²) in [5.74, 6) is 0.539. The summed E-state index contributed by atoms with van der Waals surface area (Å²) in [6.07, 6.45) is 1.94. The van der Waals surface area contributed by atoms with Crippen LogP contribution in [0.2, 0.25) is 10.0 Å². The van der Waals surface area contributed by atoms with Gasteiger partial charge in [-0.25, -0.2) is 5.43 Å². The van der Waals surface area contributed by atoms with Gasteiger partial charge in [0.15, 0.2) is 6.61 Å². The van der Waals surface area contributed by atoms with Crippen molar-refractivity contribution in [3.05, 3.63) is 93.5 Å². The largest absolute Gasteiger partial charge is 0.488 e. The molecule has 0 bridgehead atoms. The molecule has 0 aromatic heterocycles. The maximum atomic E-state index is 12.9. The second-order valence-corrected chi connectivity index (χ2v) is 9.94. The normalized spacial score (nSPS) is 11.8. The molecule has 0 fully saturated rings. The van der Waals surface area contributed by atoms with Crippen LogP contribution in [0, 0.1) is 12.8 Å². The molecular weight excluding hydrogens is 525 g/mol. The smallest absolute Gasteiger partial charge is 0.262 e. The molecule has 2 amide bonds. The van der Waals surface area contributed by atoms with E-state index < -0.39 is 17.9 Å². The van der Waals surface area contributed by atoms with Crippen molar-refractivity contribution >= 4 is 41.2 Å². The van der Waals surface area contributed by atoms with E-state index in [9.17, 15) is 9.59 Å². The first kappa shape index (κ1) is 29.0. The van der Waals surface area contributed by atoms with Crippen LogP contribution in [-0.4, -0.2) is 30.7 Å². The first-order chi connectivity index (χ1) is 18.2. The Hall–Kier alpha value is -3.55. The number of carbonyl (C=O) groups is 2. The number of hydrogen-bond donors (Lipinski definition) is 2. The van der Waals surface area contributed by atoms with Gasteiger partial charge in [-0.2, -0.15) is 5.10 Å². The number of rotatable bonds is 12. The number of halogens is 2. The van der Waals surface area contributed by atoms with Gasteiger partial charge in [0.05, 0.1) is 6.21 Å². The number of ether oxygens (including phenoxy) is 2. The fraction of sp³-hybridized carbons (Fsp3) is 0.276. The SMILES string of the molecule is Cc1ccccc1OCC(=O)N[C@@H](CC(C)C)C(=O)N/N=C\c1ccccc1OCc1ccc(Cl)cc1Cl. The lowest BCUT2D eigenvalue weighted by Crippen LogP contribution is -2.47. The molecule has 0 unspecified atom stereocenters. The van der Waals surface area contributed by atoms with Gasteiger partial charge in [-0.15, -0.1) is 0 Å². The standard InChI is InChI=1S/C29H31Cl2N3O4/c1-19(2)14-25(33-28(35)18-38-26-10-6-4-8-20(26)3)29(36)34-32-16-21-9-5-7-11-27(21)37-17-22-12-13-23(30)15-24(22)31/h4-13,15-16,19,25H,14,17-18H2,1-3H3,(H,33,35)(H,34,36)/b32-16-/t25-/m0/s1. The molecule has 0 heterocycles. The number of amides is 2. The first-order valence-corrected chi connectivity index (χ1v) is 12.9. The molecule has 1 atom stereocenters. The predicted molar refractivity (Wildman–Crippen MR) is 151 cm³/mol. The molecule has 7 nitrogen and oxygen atoms in total. The van der Waals surface area contributed by atoms with Gasteiger partial charge >= 0.3 is 0 Å². The summed E-state index contributed by atoms with van der Waals surface area (Å²) in [4.78, 5) is 25.4. The lowest BCUT2D eigenvalue weighted by atomic mass is 10.0. The topological polar surface area (TPSA) is 89.0 Å². The van der Waals surface area contributed by atoms with E-state index in [2.05, 4.69) is 15.8 Å². The van der Waals surface area contributed by atoms with E-state index in [0.29, 0.717) is 33.5 Å². The van der Waals surface area contributed by atoms with E-state index in [1.807, 2.05) is 57.2 Å². The molecule has 0 spiro atoms. The Morgan fingerprint density at radius 1 is 0.974 bits per heavy atom. The molecule has 0 aliphatic heterocycles. The van der Waals surface area contributed by atoms with Crippen molar-refractivity contribution in [1.29, 1.82) is 0 Å². The van der Waals surface area contributed by atoms with Crippen molar-refractivity contribution in [2.45, 2.75) is 39.8 Å². The molecule has 0 saturated carbocycles. The van der Waals surface area contributed by atoms with Gasteiger partial charge in [-0.1, -0.05) is 73.4 Å². The van der Waals surface area contributed by atoms with Gasteiger partial charge in [0.25, 0.3) is 11.8 Å². The summed E-state index contributed by atoms with van der Waals surface area (Å²) in [5.41, 5.74) is 4.90. The predicted octanol–water partition coefficient (Wildman–Crippen LogP) is 5.94. The molecule has 3 rings (SSSR count). The quantitative estimate of drug-likeness (QED) is 0.214. The van der Waals surface area contributed by atoms with Gasteiger partial charge < -0.3 is 14.8 Å². The number of carbonyl (C=O) groups excluding carboxylic acids is 2. The molecule has 0 aliphatic carbocycles. The summed E-state index contributed by atoms with van der Waals surface area (Å²) in [6.45, 7) is 5.88. The van der Waals surface area contributed by atoms with Crippen LogP contribution >= 0.6 is 23.2 Å². The Balaban J connectivity index is 1.58. The number of benzene rings is 3. The number of para-hydroxylation sites is 2. The Labute approximate surface area is 233 Å². The van der Waals surface area contributed by atoms with Gasteiger partial charge in [0.2, 0.25) is 0 Å². The first-order valence-electron chi connectivity index (χ1n) is 12.2. The number of nitrogens with zero attached hydrogens (tertiary/aromatic N) is 1. The second-order valence-electron chi connectivity index (χ2n) is 9.10. The molecule has 0 saturated heterocycles. The highest BCUT2D eigenvalue weighted by Crippen LogP contribution is 2.24. The average molecular weight is 556 g/mol. The maximum Gasteiger partial charge on any atom is 0.262 e. The molecule has 3 aromatic carbocycles. The zero-order valence-corrected chi connectivity index (χ0v) is 23.1. The lowest BCUT2D eigenvalue weighted by Gasteiger charge is -2.19. The van der Waals surface area contributed by atoms with Crippen LogP contribution in [0.25, 0.3) is 0 Å². The lowest BCUT2D eigenvalue weighted by molar-refractivity contribution is -0.130. The molecular formula is C29H31Cl2N3O4. The van der Waals surface area contributed by atoms with Crippen LogP contribution in [0.4, 0.5) is 0 Å². The molecule has 3 aromatic rings. The summed E-state index contributed by atoms with van der Waals surface area (Å²) in [5, 5.41) is 7.91. The van der Waals surface area contributed by atoms with Gasteiger partial charge in [-0.05, 0) is 55.2 Å². The van der Waals surface area contributed by atoms with Crippen LogP contribution in [0.3, 0.4) is 0 Å². The minimum Gasteiger partial charge on any atom is -0.488 e. The molecule has 0 aliphatic rings. The van der Waals surface area contributed by atoms with E-state index in [4.69, 9.17) is 32.7 Å². The number of hydrogen-bond acceptors (Lipinski definition) is 5. The molecule has 0 radical (unpaired) electrons. The van der Waals surface area contributed by atoms with Crippen molar-refractivity contribution in [2.75, 3.05) is 6.61 Å². The summed E-state index contributed by atoms with van der Waals surface area (Å²) < 4.78 is 11.5. The van der Waals surface area contributed by atoms with Crippen LogP contribution in [-0.2, 0) is 16.2 Å². The van der Waals surface area contributed by atoms with Crippen molar-refractivity contribution in [2.24, 2.45) is 11.0 Å². The van der Waals surface area contributed by atoms with Crippen molar-refractivity contribution in [3.63, 3.8) is 0 Å². The molecule has 200 valence electrons. The zero-order valence-electron chi connectivity index (χ0n) is 21.5. The number of aryl methyl sites for hydroxylation is 1. The van der Waals surface area contributed by atoms with Crippen LogP contribution in [0.15, 0.2) is 71.8 Å². The van der Waals surface area contributed by atoms with Crippen LogP contribution in [0.1, 0.15) is 37.0 Å². The highest BCUT2D eigenvalue weighted by atomic mass is 35.5. The Kier molecular flexibility index (Phi) is 11.0. The van der Waals surface area contributed by atoms with Crippen molar-refractivity contribution in [3.8, 4) is 11.5 Å². The average Bonchev–Trinajstić information content (AvgIpc) is 2.87. The monoisotopic (exact) mass is 555 g/mol.